The molecule has 126 valence electrons. The summed E-state index contributed by atoms with van der Waals surface area (Å²) in [5.74, 6) is -1.60. The highest BCUT2D eigenvalue weighted by Gasteiger charge is 2.50. The van der Waals surface area contributed by atoms with E-state index < -0.39 is 12.1 Å². The van der Waals surface area contributed by atoms with Crippen molar-refractivity contribution in [3.8, 4) is 0 Å². The zero-order valence-corrected chi connectivity index (χ0v) is 12.9. The van der Waals surface area contributed by atoms with Crippen LogP contribution in [0.3, 0.4) is 0 Å². The molecule has 1 amide bonds. The van der Waals surface area contributed by atoms with Crippen LogP contribution in [0, 0.1) is 5.92 Å². The molecule has 3 atom stereocenters. The van der Waals surface area contributed by atoms with Crippen molar-refractivity contribution in [3.05, 3.63) is 35.9 Å². The lowest BCUT2D eigenvalue weighted by molar-refractivity contribution is -0.184. The van der Waals surface area contributed by atoms with Crippen molar-refractivity contribution in [1.29, 1.82) is 0 Å². The third-order valence-electron chi connectivity index (χ3n) is 4.84. The summed E-state index contributed by atoms with van der Waals surface area (Å²) < 4.78 is 37.9. The maximum absolute atomic E-state index is 12.6. The van der Waals surface area contributed by atoms with Crippen LogP contribution in [0.15, 0.2) is 30.3 Å². The van der Waals surface area contributed by atoms with Gasteiger partial charge in [0.25, 0.3) is 0 Å². The first kappa shape index (κ1) is 16.3. The normalized spacial score (nSPS) is 26.3. The first-order valence-electron chi connectivity index (χ1n) is 7.76. The van der Waals surface area contributed by atoms with E-state index in [1.807, 2.05) is 37.4 Å². The van der Waals surface area contributed by atoms with Crippen molar-refractivity contribution in [2.45, 2.75) is 24.8 Å². The summed E-state index contributed by atoms with van der Waals surface area (Å²) in [6, 6.07) is 9.80. The Balaban J connectivity index is 1.75. The van der Waals surface area contributed by atoms with Gasteiger partial charge >= 0.3 is 12.1 Å². The van der Waals surface area contributed by atoms with Crippen LogP contribution in [-0.4, -0.2) is 54.6 Å². The molecule has 1 aromatic rings. The fraction of sp³-hybridized carbons (Fsp3) is 0.562. The Morgan fingerprint density at radius 2 is 1.96 bits per heavy atom. The minimum Gasteiger partial charge on any atom is -0.333 e. The van der Waals surface area contributed by atoms with Gasteiger partial charge in [-0.2, -0.15) is 13.2 Å². The van der Waals surface area contributed by atoms with E-state index in [0.717, 1.165) is 23.4 Å². The van der Waals surface area contributed by atoms with Crippen molar-refractivity contribution in [2.24, 2.45) is 5.92 Å². The van der Waals surface area contributed by atoms with Crippen LogP contribution in [0.1, 0.15) is 18.2 Å². The summed E-state index contributed by atoms with van der Waals surface area (Å²) in [7, 11) is 1.85. The average molecular weight is 327 g/mol. The number of nitrogens with zero attached hydrogens (tertiary/aromatic N) is 2. The predicted octanol–water partition coefficient (Wildman–Crippen LogP) is 2.00. The number of amides is 1. The molecule has 1 N–H and O–H groups in total. The van der Waals surface area contributed by atoms with E-state index in [9.17, 15) is 18.0 Å². The number of carbonyl (C=O) groups is 1. The van der Waals surface area contributed by atoms with Gasteiger partial charge in [-0.3, -0.25) is 9.69 Å². The molecule has 0 spiro atoms. The summed E-state index contributed by atoms with van der Waals surface area (Å²) in [6.07, 6.45) is -4.02. The summed E-state index contributed by atoms with van der Waals surface area (Å²) in [5.41, 5.74) is 1.08. The second kappa shape index (κ2) is 6.13. The van der Waals surface area contributed by atoms with Crippen molar-refractivity contribution >= 4 is 5.91 Å². The average Bonchev–Trinajstić information content (AvgIpc) is 3.09. The van der Waals surface area contributed by atoms with Crippen LogP contribution in [0.2, 0.25) is 0 Å². The third-order valence-corrected chi connectivity index (χ3v) is 4.84. The second-order valence-electron chi connectivity index (χ2n) is 6.16. The van der Waals surface area contributed by atoms with E-state index in [4.69, 9.17) is 0 Å². The number of fused-ring (bicyclic) bond motifs is 1. The van der Waals surface area contributed by atoms with Crippen LogP contribution in [0.4, 0.5) is 13.2 Å². The number of hydrogen-bond acceptors (Lipinski definition) is 3. The molecule has 2 fully saturated rings. The molecule has 2 aliphatic rings. The van der Waals surface area contributed by atoms with Gasteiger partial charge in [0.15, 0.2) is 0 Å². The van der Waals surface area contributed by atoms with Gasteiger partial charge in [0.2, 0.25) is 0 Å². The van der Waals surface area contributed by atoms with Gasteiger partial charge < -0.3 is 10.2 Å². The van der Waals surface area contributed by atoms with Gasteiger partial charge in [-0.05, 0) is 24.9 Å². The molecule has 4 nitrogen and oxygen atoms in total. The number of likely N-dealkylation sites (tertiary alicyclic amines) is 2. The van der Waals surface area contributed by atoms with Gasteiger partial charge in [-0.15, -0.1) is 0 Å². The molecule has 0 saturated carbocycles. The Morgan fingerprint density at radius 1 is 1.26 bits per heavy atom. The molecule has 2 heterocycles. The van der Waals surface area contributed by atoms with Crippen molar-refractivity contribution in [2.75, 3.05) is 26.7 Å². The minimum atomic E-state index is -4.79. The molecule has 0 radical (unpaired) electrons. The van der Waals surface area contributed by atoms with E-state index in [0.29, 0.717) is 0 Å². The molecule has 3 rings (SSSR count). The number of hydrogen-bond donors (Lipinski definition) is 1. The summed E-state index contributed by atoms with van der Waals surface area (Å²) in [6.45, 7) is 1.17. The standard InChI is InChI=1S/C16H20F3N3O/c1-20-14(11-5-3-2-4-6-11)22-8-7-12-9-21(10-13(12)22)15(23)16(17,18)19/h2-6,12-14,20H,7-10H2,1H3. The van der Waals surface area contributed by atoms with Gasteiger partial charge in [0.1, 0.15) is 0 Å². The number of alkyl halides is 3. The molecular weight excluding hydrogens is 307 g/mol. The third kappa shape index (κ3) is 3.07. The zero-order valence-electron chi connectivity index (χ0n) is 12.9. The van der Waals surface area contributed by atoms with Crippen molar-refractivity contribution in [3.63, 3.8) is 0 Å². The predicted molar refractivity (Wildman–Crippen MR) is 79.5 cm³/mol. The van der Waals surface area contributed by atoms with E-state index in [-0.39, 0.29) is 31.2 Å². The highest BCUT2D eigenvalue weighted by molar-refractivity contribution is 5.82. The number of halogens is 3. The Hall–Kier alpha value is -1.60. The molecule has 3 unspecified atom stereocenters. The Labute approximate surface area is 133 Å². The van der Waals surface area contributed by atoms with Crippen molar-refractivity contribution in [1.82, 2.24) is 15.1 Å². The molecule has 7 heteroatoms. The lowest BCUT2D eigenvalue weighted by Gasteiger charge is -2.33. The molecule has 0 aliphatic carbocycles. The van der Waals surface area contributed by atoms with Gasteiger partial charge in [0.05, 0.1) is 6.17 Å². The topological polar surface area (TPSA) is 35.6 Å². The molecule has 23 heavy (non-hydrogen) atoms. The Kier molecular flexibility index (Phi) is 4.33. The van der Waals surface area contributed by atoms with E-state index in [2.05, 4.69) is 10.2 Å². The van der Waals surface area contributed by atoms with Gasteiger partial charge in [-0.25, -0.2) is 0 Å². The van der Waals surface area contributed by atoms with Gasteiger partial charge in [0, 0.05) is 25.7 Å². The SMILES string of the molecule is CNC(c1ccccc1)N1CCC2CN(C(=O)C(F)(F)F)CC21. The van der Waals surface area contributed by atoms with Crippen LogP contribution in [0.5, 0.6) is 0 Å². The molecular formula is C16H20F3N3O. The maximum atomic E-state index is 12.6. The number of benzene rings is 1. The quantitative estimate of drug-likeness (QED) is 0.922. The first-order chi connectivity index (χ1) is 10.9. The van der Waals surface area contributed by atoms with E-state index in [1.54, 1.807) is 0 Å². The molecule has 1 aromatic carbocycles. The summed E-state index contributed by atoms with van der Waals surface area (Å²) in [5, 5.41) is 3.25. The van der Waals surface area contributed by atoms with E-state index in [1.165, 1.54) is 0 Å². The Bertz CT molecular complexity index is 563. The summed E-state index contributed by atoms with van der Waals surface area (Å²) in [4.78, 5) is 14.6. The van der Waals surface area contributed by atoms with Crippen LogP contribution < -0.4 is 5.32 Å². The summed E-state index contributed by atoms with van der Waals surface area (Å²) >= 11 is 0. The lowest BCUT2D eigenvalue weighted by atomic mass is 10.0. The van der Waals surface area contributed by atoms with Crippen LogP contribution >= 0.6 is 0 Å². The van der Waals surface area contributed by atoms with E-state index >= 15 is 0 Å². The second-order valence-corrected chi connectivity index (χ2v) is 6.16. The van der Waals surface area contributed by atoms with Crippen LogP contribution in [-0.2, 0) is 4.79 Å². The minimum absolute atomic E-state index is 0.0287. The maximum Gasteiger partial charge on any atom is 0.471 e. The monoisotopic (exact) mass is 327 g/mol. The number of nitrogens with one attached hydrogen (secondary N) is 1. The first-order valence-corrected chi connectivity index (χ1v) is 7.76. The largest absolute Gasteiger partial charge is 0.471 e. The lowest BCUT2D eigenvalue weighted by Crippen LogP contribution is -2.45. The molecule has 0 bridgehead atoms. The smallest absolute Gasteiger partial charge is 0.333 e. The van der Waals surface area contributed by atoms with Crippen LogP contribution in [0.25, 0.3) is 0 Å². The Morgan fingerprint density at radius 3 is 2.57 bits per heavy atom. The molecule has 2 aliphatic heterocycles. The fourth-order valence-electron chi connectivity index (χ4n) is 3.82. The number of carbonyl (C=O) groups excluding carboxylic acids is 1. The van der Waals surface area contributed by atoms with Crippen molar-refractivity contribution < 1.29 is 18.0 Å². The number of rotatable bonds is 3. The van der Waals surface area contributed by atoms with Gasteiger partial charge in [-0.1, -0.05) is 30.3 Å². The molecule has 2 saturated heterocycles. The highest BCUT2D eigenvalue weighted by atomic mass is 19.4. The highest BCUT2D eigenvalue weighted by Crippen LogP contribution is 2.37. The zero-order chi connectivity index (χ0) is 16.6. The molecule has 0 aromatic heterocycles. The fourth-order valence-corrected chi connectivity index (χ4v) is 3.82.